The normalized spacial score (nSPS) is 13.9. The van der Waals surface area contributed by atoms with Gasteiger partial charge in [0.1, 0.15) is 6.61 Å². The highest BCUT2D eigenvalue weighted by Gasteiger charge is 2.40. The van der Waals surface area contributed by atoms with Gasteiger partial charge in [0.15, 0.2) is 11.1 Å². The van der Waals surface area contributed by atoms with Gasteiger partial charge in [0.05, 0.1) is 11.5 Å². The lowest BCUT2D eigenvalue weighted by atomic mass is 10.2. The third-order valence-electron chi connectivity index (χ3n) is 1.98. The van der Waals surface area contributed by atoms with Gasteiger partial charge in [0.2, 0.25) is 0 Å². The van der Waals surface area contributed by atoms with Gasteiger partial charge in [-0.3, -0.25) is 0 Å². The molecule has 0 amide bonds. The highest BCUT2D eigenvalue weighted by molar-refractivity contribution is 7.79. The molecular formula is C10H10F4O3S. The molecule has 0 saturated carbocycles. The Hall–Kier alpha value is -0.990. The summed E-state index contributed by atoms with van der Waals surface area (Å²) in [5.41, 5.74) is 0.347. The van der Waals surface area contributed by atoms with Gasteiger partial charge in [0.25, 0.3) is 0 Å². The molecule has 0 bridgehead atoms. The molecule has 1 rings (SSSR count). The van der Waals surface area contributed by atoms with E-state index in [1.807, 2.05) is 0 Å². The Bertz CT molecular complexity index is 425. The van der Waals surface area contributed by atoms with E-state index in [1.54, 1.807) is 0 Å². The summed E-state index contributed by atoms with van der Waals surface area (Å²) < 4.78 is 72.6. The molecule has 1 aromatic rings. The molecule has 102 valence electrons. The molecule has 1 aromatic carbocycles. The Morgan fingerprint density at radius 3 is 2.61 bits per heavy atom. The molecule has 0 saturated heterocycles. The topological polar surface area (TPSA) is 46.5 Å². The lowest BCUT2D eigenvalue weighted by molar-refractivity contribution is -0.168. The smallest absolute Gasteiger partial charge is 0.330 e. The Morgan fingerprint density at radius 2 is 2.06 bits per heavy atom. The third kappa shape index (κ3) is 4.35. The van der Waals surface area contributed by atoms with E-state index in [4.69, 9.17) is 4.55 Å². The molecule has 0 radical (unpaired) electrons. The first-order valence-corrected chi connectivity index (χ1v) is 5.87. The molecular weight excluding hydrogens is 276 g/mol. The van der Waals surface area contributed by atoms with E-state index >= 15 is 0 Å². The van der Waals surface area contributed by atoms with Crippen molar-refractivity contribution < 1.29 is 31.1 Å². The average molecular weight is 286 g/mol. The molecule has 0 aromatic heterocycles. The molecule has 3 nitrogen and oxygen atoms in total. The van der Waals surface area contributed by atoms with Crippen LogP contribution in [0.4, 0.5) is 17.6 Å². The number of rotatable bonds is 6. The quantitative estimate of drug-likeness (QED) is 0.646. The molecule has 8 heteroatoms. The Kier molecular flexibility index (Phi) is 5.24. The van der Waals surface area contributed by atoms with E-state index < -0.39 is 30.0 Å². The lowest BCUT2D eigenvalue weighted by Crippen LogP contribution is -2.32. The van der Waals surface area contributed by atoms with E-state index in [1.165, 1.54) is 24.3 Å². The Balaban J connectivity index is 2.54. The van der Waals surface area contributed by atoms with Crippen LogP contribution in [0.15, 0.2) is 29.2 Å². The molecule has 0 fully saturated rings. The zero-order valence-corrected chi connectivity index (χ0v) is 9.80. The molecule has 0 heterocycles. The van der Waals surface area contributed by atoms with E-state index in [-0.39, 0.29) is 11.5 Å². The summed E-state index contributed by atoms with van der Waals surface area (Å²) in [6.45, 7) is -1.75. The second-order valence-corrected chi connectivity index (χ2v) is 4.42. The number of alkyl halides is 4. The second kappa shape index (κ2) is 6.26. The van der Waals surface area contributed by atoms with Crippen LogP contribution in [0, 0.1) is 0 Å². The third-order valence-corrected chi connectivity index (χ3v) is 2.64. The number of hydrogen-bond acceptors (Lipinski definition) is 2. The van der Waals surface area contributed by atoms with Crippen LogP contribution in [0.3, 0.4) is 0 Å². The van der Waals surface area contributed by atoms with Crippen molar-refractivity contribution in [3.8, 4) is 0 Å². The molecule has 18 heavy (non-hydrogen) atoms. The van der Waals surface area contributed by atoms with Gasteiger partial charge in [-0.15, -0.1) is 0 Å². The maximum Gasteiger partial charge on any atom is 0.330 e. The van der Waals surface area contributed by atoms with Crippen molar-refractivity contribution in [3.05, 3.63) is 29.8 Å². The van der Waals surface area contributed by atoms with Crippen LogP contribution in [0.5, 0.6) is 0 Å². The fraction of sp³-hybridized carbons (Fsp3) is 0.400. The average Bonchev–Trinajstić information content (AvgIpc) is 2.29. The summed E-state index contributed by atoms with van der Waals surface area (Å²) in [5.74, 6) is -4.20. The zero-order valence-electron chi connectivity index (χ0n) is 8.98. The standard InChI is InChI=1S/C10H10F4O3S/c11-9(12)10(13,14)6-17-5-7-2-1-3-8(4-7)18(15)16/h1-4,9H,5-6H2,(H,15,16). The van der Waals surface area contributed by atoms with Crippen molar-refractivity contribution in [3.63, 3.8) is 0 Å². The minimum atomic E-state index is -4.20. The van der Waals surface area contributed by atoms with Crippen molar-refractivity contribution in [1.29, 1.82) is 0 Å². The summed E-state index contributed by atoms with van der Waals surface area (Å²) in [6.07, 6.45) is -3.78. The minimum absolute atomic E-state index is 0.0803. The van der Waals surface area contributed by atoms with Gasteiger partial charge in [-0.1, -0.05) is 12.1 Å². The maximum absolute atomic E-state index is 12.5. The number of hydrogen-bond donors (Lipinski definition) is 1. The number of ether oxygens (including phenoxy) is 1. The van der Waals surface area contributed by atoms with Gasteiger partial charge >= 0.3 is 12.3 Å². The first-order chi connectivity index (χ1) is 8.33. The maximum atomic E-state index is 12.5. The predicted molar refractivity (Wildman–Crippen MR) is 56.1 cm³/mol. The first-order valence-electron chi connectivity index (χ1n) is 4.76. The molecule has 0 aliphatic rings. The number of halogens is 4. The molecule has 0 aliphatic heterocycles. The molecule has 1 N–H and O–H groups in total. The first kappa shape index (κ1) is 15.1. The van der Waals surface area contributed by atoms with Crippen molar-refractivity contribution >= 4 is 11.1 Å². The van der Waals surface area contributed by atoms with Crippen LogP contribution in [-0.4, -0.2) is 27.7 Å². The lowest BCUT2D eigenvalue weighted by Gasteiger charge is -2.15. The minimum Gasteiger partial charge on any atom is -0.370 e. The van der Waals surface area contributed by atoms with Crippen molar-refractivity contribution in [1.82, 2.24) is 0 Å². The second-order valence-electron chi connectivity index (χ2n) is 3.45. The summed E-state index contributed by atoms with van der Waals surface area (Å²) in [7, 11) is 0. The highest BCUT2D eigenvalue weighted by Crippen LogP contribution is 2.23. The Labute approximate surface area is 103 Å². The fourth-order valence-corrected chi connectivity index (χ4v) is 1.56. The molecule has 1 atom stereocenters. The highest BCUT2D eigenvalue weighted by atomic mass is 32.2. The predicted octanol–water partition coefficient (Wildman–Crippen LogP) is 2.68. The van der Waals surface area contributed by atoms with Gasteiger partial charge < -0.3 is 9.29 Å². The summed E-state index contributed by atoms with van der Waals surface area (Å²) in [4.78, 5) is 0.0803. The van der Waals surface area contributed by atoms with E-state index in [9.17, 15) is 21.8 Å². The van der Waals surface area contributed by atoms with Crippen molar-refractivity contribution in [2.75, 3.05) is 6.61 Å². The van der Waals surface area contributed by atoms with Crippen LogP contribution in [-0.2, 0) is 22.4 Å². The van der Waals surface area contributed by atoms with Crippen LogP contribution < -0.4 is 0 Å². The molecule has 0 spiro atoms. The molecule has 1 unspecified atom stereocenters. The van der Waals surface area contributed by atoms with Crippen LogP contribution in [0.2, 0.25) is 0 Å². The van der Waals surface area contributed by atoms with Crippen molar-refractivity contribution in [2.45, 2.75) is 23.9 Å². The fourth-order valence-electron chi connectivity index (χ4n) is 1.11. The molecule has 0 aliphatic carbocycles. The van der Waals surface area contributed by atoms with Gasteiger partial charge in [0, 0.05) is 0 Å². The van der Waals surface area contributed by atoms with Crippen LogP contribution >= 0.6 is 0 Å². The van der Waals surface area contributed by atoms with Gasteiger partial charge in [-0.2, -0.15) is 8.78 Å². The van der Waals surface area contributed by atoms with Crippen LogP contribution in [0.1, 0.15) is 5.56 Å². The van der Waals surface area contributed by atoms with Gasteiger partial charge in [-0.05, 0) is 17.7 Å². The van der Waals surface area contributed by atoms with E-state index in [0.29, 0.717) is 5.56 Å². The zero-order chi connectivity index (χ0) is 13.8. The summed E-state index contributed by atoms with van der Waals surface area (Å²) in [6, 6.07) is 5.55. The van der Waals surface area contributed by atoms with Crippen LogP contribution in [0.25, 0.3) is 0 Å². The number of benzene rings is 1. The monoisotopic (exact) mass is 286 g/mol. The summed E-state index contributed by atoms with van der Waals surface area (Å²) in [5, 5.41) is 0. The van der Waals surface area contributed by atoms with Gasteiger partial charge in [-0.25, -0.2) is 13.0 Å². The Morgan fingerprint density at radius 1 is 1.39 bits per heavy atom. The SMILES string of the molecule is O=S(O)c1cccc(COCC(F)(F)C(F)F)c1. The van der Waals surface area contributed by atoms with Crippen molar-refractivity contribution in [2.24, 2.45) is 0 Å². The van der Waals surface area contributed by atoms with E-state index in [2.05, 4.69) is 4.74 Å². The largest absolute Gasteiger partial charge is 0.370 e. The summed E-state index contributed by atoms with van der Waals surface area (Å²) >= 11 is -2.19. The van der Waals surface area contributed by atoms with E-state index in [0.717, 1.165) is 0 Å².